The van der Waals surface area contributed by atoms with Crippen molar-refractivity contribution in [1.82, 2.24) is 4.90 Å². The SMILES string of the molecule is CC(C)CC(C)(C)C(=O)OCOC(=O)N(C)C1(C)C2CCC(C2)C1(C)C. The van der Waals surface area contributed by atoms with E-state index in [0.29, 0.717) is 17.8 Å². The first-order valence-corrected chi connectivity index (χ1v) is 9.92. The Labute approximate surface area is 158 Å². The number of nitrogens with zero attached hydrogens (tertiary/aromatic N) is 1. The van der Waals surface area contributed by atoms with Crippen molar-refractivity contribution in [2.75, 3.05) is 13.8 Å². The molecule has 5 heteroatoms. The third kappa shape index (κ3) is 3.46. The van der Waals surface area contributed by atoms with Crippen LogP contribution in [0.15, 0.2) is 0 Å². The van der Waals surface area contributed by atoms with Gasteiger partial charge in [-0.3, -0.25) is 4.79 Å². The number of hydrogen-bond donors (Lipinski definition) is 0. The number of rotatable bonds is 6. The Hall–Kier alpha value is -1.26. The molecule has 0 aliphatic heterocycles. The van der Waals surface area contributed by atoms with E-state index in [-0.39, 0.29) is 23.7 Å². The lowest BCUT2D eigenvalue weighted by Gasteiger charge is -2.52. The Bertz CT molecular complexity index is 554. The highest BCUT2D eigenvalue weighted by molar-refractivity contribution is 5.76. The summed E-state index contributed by atoms with van der Waals surface area (Å²) >= 11 is 0. The Morgan fingerprint density at radius 3 is 2.19 bits per heavy atom. The van der Waals surface area contributed by atoms with E-state index in [9.17, 15) is 9.59 Å². The number of carbonyl (C=O) groups excluding carboxylic acids is 2. The van der Waals surface area contributed by atoms with Crippen molar-refractivity contribution in [3.8, 4) is 0 Å². The summed E-state index contributed by atoms with van der Waals surface area (Å²) < 4.78 is 10.5. The van der Waals surface area contributed by atoms with Crippen LogP contribution < -0.4 is 0 Å². The van der Waals surface area contributed by atoms with Gasteiger partial charge in [0.25, 0.3) is 0 Å². The molecular weight excluding hydrogens is 330 g/mol. The number of esters is 1. The van der Waals surface area contributed by atoms with Gasteiger partial charge in [-0.25, -0.2) is 4.79 Å². The summed E-state index contributed by atoms with van der Waals surface area (Å²) in [4.78, 5) is 26.6. The van der Waals surface area contributed by atoms with E-state index in [1.54, 1.807) is 4.90 Å². The van der Waals surface area contributed by atoms with Gasteiger partial charge in [0.2, 0.25) is 6.79 Å². The molecule has 150 valence electrons. The summed E-state index contributed by atoms with van der Waals surface area (Å²) in [5.41, 5.74) is -0.751. The largest absolute Gasteiger partial charge is 0.427 e. The molecule has 2 saturated carbocycles. The minimum absolute atomic E-state index is 0.0552. The number of carbonyl (C=O) groups is 2. The second-order valence-corrected chi connectivity index (χ2v) is 10.1. The Morgan fingerprint density at radius 1 is 1.12 bits per heavy atom. The van der Waals surface area contributed by atoms with Crippen LogP contribution in [0.25, 0.3) is 0 Å². The quantitative estimate of drug-likeness (QED) is 0.498. The molecule has 1 amide bonds. The van der Waals surface area contributed by atoms with Gasteiger partial charge in [-0.2, -0.15) is 0 Å². The first-order valence-electron chi connectivity index (χ1n) is 9.92. The fraction of sp³-hybridized carbons (Fsp3) is 0.905. The summed E-state index contributed by atoms with van der Waals surface area (Å²) in [5.74, 6) is 1.23. The Balaban J connectivity index is 1.91. The molecule has 0 radical (unpaired) electrons. The highest BCUT2D eigenvalue weighted by Gasteiger charge is 2.63. The normalized spacial score (nSPS) is 29.7. The summed E-state index contributed by atoms with van der Waals surface area (Å²) in [6, 6.07) is 0. The zero-order chi connectivity index (χ0) is 19.9. The molecular formula is C21H37NO4. The second kappa shape index (κ2) is 7.05. The minimum Gasteiger partial charge on any atom is -0.427 e. The topological polar surface area (TPSA) is 55.8 Å². The van der Waals surface area contributed by atoms with Gasteiger partial charge in [0.05, 0.1) is 11.0 Å². The molecule has 0 aromatic heterocycles. The van der Waals surface area contributed by atoms with Crippen molar-refractivity contribution in [2.24, 2.45) is 28.6 Å². The third-order valence-electron chi connectivity index (χ3n) is 7.37. The highest BCUT2D eigenvalue weighted by atomic mass is 16.7. The first kappa shape index (κ1) is 21.0. The maximum absolute atomic E-state index is 12.6. The van der Waals surface area contributed by atoms with E-state index in [2.05, 4.69) is 34.6 Å². The molecule has 2 aliphatic rings. The molecule has 0 saturated heterocycles. The van der Waals surface area contributed by atoms with Crippen LogP contribution in [-0.2, 0) is 14.3 Å². The molecule has 2 fully saturated rings. The van der Waals surface area contributed by atoms with E-state index in [1.807, 2.05) is 20.9 Å². The number of amides is 1. The average Bonchev–Trinajstić information content (AvgIpc) is 3.07. The third-order valence-corrected chi connectivity index (χ3v) is 7.37. The lowest BCUT2D eigenvalue weighted by Crippen LogP contribution is -2.59. The van der Waals surface area contributed by atoms with Crippen molar-refractivity contribution in [3.05, 3.63) is 0 Å². The van der Waals surface area contributed by atoms with Crippen molar-refractivity contribution in [2.45, 2.75) is 79.7 Å². The van der Waals surface area contributed by atoms with E-state index in [0.717, 1.165) is 6.42 Å². The van der Waals surface area contributed by atoms with Gasteiger partial charge in [-0.05, 0) is 69.6 Å². The maximum Gasteiger partial charge on any atom is 0.412 e. The van der Waals surface area contributed by atoms with E-state index in [4.69, 9.17) is 9.47 Å². The van der Waals surface area contributed by atoms with Crippen LogP contribution in [0.2, 0.25) is 0 Å². The van der Waals surface area contributed by atoms with Crippen LogP contribution >= 0.6 is 0 Å². The van der Waals surface area contributed by atoms with Crippen LogP contribution in [0.4, 0.5) is 4.79 Å². The van der Waals surface area contributed by atoms with Crippen LogP contribution in [0.3, 0.4) is 0 Å². The van der Waals surface area contributed by atoms with Gasteiger partial charge in [0, 0.05) is 7.05 Å². The molecule has 0 aromatic rings. The van der Waals surface area contributed by atoms with Crippen LogP contribution in [0, 0.1) is 28.6 Å². The molecule has 3 atom stereocenters. The molecule has 0 spiro atoms. The van der Waals surface area contributed by atoms with Gasteiger partial charge in [0.15, 0.2) is 0 Å². The minimum atomic E-state index is -0.578. The zero-order valence-corrected chi connectivity index (χ0v) is 17.8. The van der Waals surface area contributed by atoms with Crippen LogP contribution in [0.5, 0.6) is 0 Å². The smallest absolute Gasteiger partial charge is 0.412 e. The van der Waals surface area contributed by atoms with Crippen molar-refractivity contribution < 1.29 is 19.1 Å². The van der Waals surface area contributed by atoms with Crippen LogP contribution in [0.1, 0.15) is 74.1 Å². The first-order chi connectivity index (χ1) is 11.8. The van der Waals surface area contributed by atoms with Gasteiger partial charge in [-0.1, -0.05) is 27.7 Å². The second-order valence-electron chi connectivity index (χ2n) is 10.1. The van der Waals surface area contributed by atoms with E-state index >= 15 is 0 Å². The molecule has 0 aromatic carbocycles. The molecule has 2 bridgehead atoms. The fourth-order valence-electron chi connectivity index (χ4n) is 5.51. The lowest BCUT2D eigenvalue weighted by atomic mass is 9.63. The Kier molecular flexibility index (Phi) is 5.70. The predicted octanol–water partition coefficient (Wildman–Crippen LogP) is 4.84. The number of hydrogen-bond acceptors (Lipinski definition) is 4. The highest BCUT2D eigenvalue weighted by Crippen LogP contribution is 2.63. The molecule has 0 heterocycles. The number of fused-ring (bicyclic) bond motifs is 2. The van der Waals surface area contributed by atoms with E-state index in [1.165, 1.54) is 19.3 Å². The summed E-state index contributed by atoms with van der Waals surface area (Å²) in [6.45, 7) is 14.2. The predicted molar refractivity (Wildman–Crippen MR) is 101 cm³/mol. The summed E-state index contributed by atoms with van der Waals surface area (Å²) in [6.07, 6.45) is 3.91. The standard InChI is InChI=1S/C21H37NO4/c1-14(2)12-19(3,4)17(23)25-13-26-18(24)22(8)21(7)16-10-9-15(11-16)20(21,5)6/h14-16H,9-13H2,1-8H3. The molecule has 2 aliphatic carbocycles. The van der Waals surface area contributed by atoms with Gasteiger partial charge < -0.3 is 14.4 Å². The monoisotopic (exact) mass is 367 g/mol. The van der Waals surface area contributed by atoms with Gasteiger partial charge in [0.1, 0.15) is 0 Å². The molecule has 5 nitrogen and oxygen atoms in total. The average molecular weight is 368 g/mol. The summed E-state index contributed by atoms with van der Waals surface area (Å²) in [7, 11) is 1.81. The lowest BCUT2D eigenvalue weighted by molar-refractivity contribution is -0.164. The molecule has 26 heavy (non-hydrogen) atoms. The summed E-state index contributed by atoms with van der Waals surface area (Å²) in [5, 5.41) is 0. The van der Waals surface area contributed by atoms with E-state index < -0.39 is 11.5 Å². The number of ether oxygens (including phenoxy) is 2. The van der Waals surface area contributed by atoms with Crippen molar-refractivity contribution >= 4 is 12.1 Å². The van der Waals surface area contributed by atoms with Gasteiger partial charge in [-0.15, -0.1) is 0 Å². The Morgan fingerprint density at radius 2 is 1.69 bits per heavy atom. The van der Waals surface area contributed by atoms with Crippen LogP contribution in [-0.4, -0.2) is 36.3 Å². The molecule has 3 unspecified atom stereocenters. The molecule has 2 rings (SSSR count). The maximum atomic E-state index is 12.6. The molecule has 0 N–H and O–H groups in total. The van der Waals surface area contributed by atoms with Gasteiger partial charge >= 0.3 is 12.1 Å². The fourth-order valence-corrected chi connectivity index (χ4v) is 5.51. The van der Waals surface area contributed by atoms with Crippen molar-refractivity contribution in [3.63, 3.8) is 0 Å². The zero-order valence-electron chi connectivity index (χ0n) is 17.8. The van der Waals surface area contributed by atoms with Crippen molar-refractivity contribution in [1.29, 1.82) is 0 Å².